The van der Waals surface area contributed by atoms with E-state index in [0.717, 1.165) is 5.56 Å². The molecule has 1 aliphatic heterocycles. The first kappa shape index (κ1) is 37.3. The molecule has 1 fully saturated rings. The third kappa shape index (κ3) is 12.2. The fourth-order valence-electron chi connectivity index (χ4n) is 4.60. The summed E-state index contributed by atoms with van der Waals surface area (Å²) >= 11 is 1.79. The van der Waals surface area contributed by atoms with E-state index in [4.69, 9.17) is 21.7 Å². The highest BCUT2D eigenvalue weighted by Gasteiger charge is 2.54. The maximum atomic E-state index is 12.2. The van der Waals surface area contributed by atoms with Crippen molar-refractivity contribution in [1.82, 2.24) is 16.0 Å². The number of benzene rings is 1. The zero-order valence-electron chi connectivity index (χ0n) is 25.2. The topological polar surface area (TPSA) is 240 Å². The Balaban J connectivity index is 0.000000430. The molecular weight excluding hydrogens is 582 g/mol. The summed E-state index contributed by atoms with van der Waals surface area (Å²) in [5.41, 5.74) is 11.8. The monoisotopic (exact) mass is 625 g/mol. The molecule has 1 saturated heterocycles. The Hall–Kier alpha value is -3.69. The summed E-state index contributed by atoms with van der Waals surface area (Å²) < 4.78 is 4.50. The Kier molecular flexibility index (Phi) is 14.1. The second-order valence-corrected chi connectivity index (χ2v) is 13.5. The summed E-state index contributed by atoms with van der Waals surface area (Å²) in [6, 6.07) is 4.98. The molecule has 2 unspecified atom stereocenters. The van der Waals surface area contributed by atoms with E-state index in [0.29, 0.717) is 0 Å². The second kappa shape index (κ2) is 16.2. The predicted octanol–water partition coefficient (Wildman–Crippen LogP) is -0.229. The third-order valence-electron chi connectivity index (χ3n) is 6.50. The molecule has 1 aliphatic rings. The van der Waals surface area contributed by atoms with Crippen LogP contribution in [0.5, 0.6) is 0 Å². The molecule has 4 atom stereocenters. The molecule has 2 rings (SSSR count). The van der Waals surface area contributed by atoms with E-state index in [1.807, 2.05) is 18.2 Å². The molecule has 3 amide bonds. The Morgan fingerprint density at radius 1 is 0.860 bits per heavy atom. The van der Waals surface area contributed by atoms with Gasteiger partial charge in [0.2, 0.25) is 17.7 Å². The molecule has 0 radical (unpaired) electrons. The van der Waals surface area contributed by atoms with Crippen molar-refractivity contribution in [1.29, 1.82) is 0 Å². The van der Waals surface area contributed by atoms with Crippen molar-refractivity contribution in [3.8, 4) is 0 Å². The lowest BCUT2D eigenvalue weighted by Crippen LogP contribution is -2.68. The van der Waals surface area contributed by atoms with Crippen LogP contribution in [0.25, 0.3) is 0 Å². The number of carbonyl (C=O) groups is 6. The van der Waals surface area contributed by atoms with Gasteiger partial charge in [0, 0.05) is 15.9 Å². The lowest BCUT2D eigenvalue weighted by atomic mass is 9.89. The van der Waals surface area contributed by atoms with E-state index in [-0.39, 0.29) is 27.9 Å². The molecule has 14 nitrogen and oxygen atoms in total. The Bertz CT molecular complexity index is 1150. The van der Waals surface area contributed by atoms with Gasteiger partial charge in [-0.15, -0.1) is 11.8 Å². The van der Waals surface area contributed by atoms with Gasteiger partial charge in [0.25, 0.3) is 0 Å². The number of hydrogen-bond acceptors (Lipinski definition) is 10. The summed E-state index contributed by atoms with van der Waals surface area (Å²) in [7, 11) is 1.21. The minimum atomic E-state index is -1.22. The fourth-order valence-corrected chi connectivity index (χ4v) is 6.71. The molecule has 0 aromatic heterocycles. The molecule has 0 spiro atoms. The first-order valence-electron chi connectivity index (χ1n) is 13.5. The van der Waals surface area contributed by atoms with Gasteiger partial charge in [-0.05, 0) is 40.2 Å². The first-order chi connectivity index (χ1) is 19.8. The first-order valence-corrected chi connectivity index (χ1v) is 14.3. The van der Waals surface area contributed by atoms with E-state index in [2.05, 4.69) is 48.4 Å². The van der Waals surface area contributed by atoms with E-state index in [1.54, 1.807) is 30.8 Å². The quantitative estimate of drug-likeness (QED) is 0.141. The van der Waals surface area contributed by atoms with Gasteiger partial charge in [0.05, 0.1) is 38.1 Å². The van der Waals surface area contributed by atoms with Crippen LogP contribution in [0.4, 0.5) is 0 Å². The normalized spacial score (nSPS) is 17.7. The Labute approximate surface area is 255 Å². The van der Waals surface area contributed by atoms with Crippen molar-refractivity contribution in [2.45, 2.75) is 93.6 Å². The van der Waals surface area contributed by atoms with E-state index < -0.39 is 66.7 Å². The number of aliphatic carboxylic acids is 2. The van der Waals surface area contributed by atoms with Crippen LogP contribution >= 0.6 is 11.8 Å². The number of carbonyl (C=O) groups excluding carboxylic acids is 4. The van der Waals surface area contributed by atoms with E-state index >= 15 is 0 Å². The largest absolute Gasteiger partial charge is 0.481 e. The molecule has 0 bridgehead atoms. The van der Waals surface area contributed by atoms with Crippen molar-refractivity contribution in [2.75, 3.05) is 7.11 Å². The SMILES string of the molecule is COC(=O)C(Cc1ccccc1)NC(=O)C(N)CC(=O)O.C[C@@H](NC(=O)[C@@H](N)CC(=O)O)C(=O)NC1C(C)(C)SC1(C)C. The van der Waals surface area contributed by atoms with Crippen LogP contribution < -0.4 is 27.4 Å². The molecule has 0 aliphatic carbocycles. The minimum Gasteiger partial charge on any atom is -0.481 e. The van der Waals surface area contributed by atoms with E-state index in [9.17, 15) is 28.8 Å². The lowest BCUT2D eigenvalue weighted by Gasteiger charge is -2.57. The predicted molar refractivity (Wildman–Crippen MR) is 160 cm³/mol. The average Bonchev–Trinajstić information content (AvgIpc) is 2.90. The summed E-state index contributed by atoms with van der Waals surface area (Å²) in [5.74, 6) is -4.61. The van der Waals surface area contributed by atoms with Crippen molar-refractivity contribution in [3.05, 3.63) is 35.9 Å². The lowest BCUT2D eigenvalue weighted by molar-refractivity contribution is -0.145. The number of esters is 1. The van der Waals surface area contributed by atoms with Crippen LogP contribution in [0.15, 0.2) is 30.3 Å². The number of amides is 3. The molecule has 1 aromatic carbocycles. The van der Waals surface area contributed by atoms with Crippen molar-refractivity contribution >= 4 is 47.4 Å². The highest BCUT2D eigenvalue weighted by atomic mass is 32.2. The number of rotatable bonds is 13. The van der Waals surface area contributed by atoms with Gasteiger partial charge >= 0.3 is 17.9 Å². The maximum absolute atomic E-state index is 12.2. The molecule has 240 valence electrons. The van der Waals surface area contributed by atoms with Crippen molar-refractivity contribution < 1.29 is 43.7 Å². The Morgan fingerprint density at radius 2 is 1.33 bits per heavy atom. The number of carboxylic acids is 2. The number of methoxy groups -OCH3 is 1. The van der Waals surface area contributed by atoms with Gasteiger partial charge in [-0.3, -0.25) is 24.0 Å². The van der Waals surface area contributed by atoms with Gasteiger partial charge in [0.15, 0.2) is 0 Å². The molecular formula is C28H43N5O9S. The van der Waals surface area contributed by atoms with Crippen LogP contribution in [0, 0.1) is 0 Å². The van der Waals surface area contributed by atoms with Crippen molar-refractivity contribution in [2.24, 2.45) is 11.5 Å². The summed E-state index contributed by atoms with van der Waals surface area (Å²) in [6.45, 7) is 9.77. The van der Waals surface area contributed by atoms with Crippen LogP contribution in [0.2, 0.25) is 0 Å². The van der Waals surface area contributed by atoms with Gasteiger partial charge in [-0.1, -0.05) is 30.3 Å². The highest BCUT2D eigenvalue weighted by Crippen LogP contribution is 2.54. The summed E-state index contributed by atoms with van der Waals surface area (Å²) in [6.07, 6.45) is -0.746. The third-order valence-corrected chi connectivity index (χ3v) is 8.03. The molecule has 1 aromatic rings. The van der Waals surface area contributed by atoms with Gasteiger partial charge in [-0.2, -0.15) is 0 Å². The molecule has 9 N–H and O–H groups in total. The van der Waals surface area contributed by atoms with Gasteiger partial charge < -0.3 is 42.4 Å². The smallest absolute Gasteiger partial charge is 0.328 e. The number of ether oxygens (including phenoxy) is 1. The van der Waals surface area contributed by atoms with Crippen LogP contribution in [-0.4, -0.2) is 92.7 Å². The summed E-state index contributed by atoms with van der Waals surface area (Å²) in [4.78, 5) is 68.5. The number of nitrogens with two attached hydrogens (primary N) is 2. The number of thioether (sulfide) groups is 1. The molecule has 0 saturated carbocycles. The zero-order valence-corrected chi connectivity index (χ0v) is 26.0. The average molecular weight is 626 g/mol. The standard InChI is InChI=1S/C14H25N3O4S.C14H18N2O5/c1-7(16-11(21)8(15)6-9(18)19)10(20)17-12-13(2,3)22-14(12,4)5;1-21-14(20)11(7-9-5-3-2-4-6-9)16-13(19)10(15)8-12(17)18/h7-8,12H,6,15H2,1-5H3,(H,16,21)(H,17,20)(H,18,19);2-6,10-11H,7-8,15H2,1H3,(H,16,19)(H,17,18)/t7-,8+;/m1./s1. The van der Waals surface area contributed by atoms with Gasteiger partial charge in [-0.25, -0.2) is 4.79 Å². The molecule has 43 heavy (non-hydrogen) atoms. The minimum absolute atomic E-state index is 0.00968. The van der Waals surface area contributed by atoms with Crippen LogP contribution in [0.1, 0.15) is 53.0 Å². The van der Waals surface area contributed by atoms with Crippen LogP contribution in [0.3, 0.4) is 0 Å². The zero-order chi connectivity index (χ0) is 33.1. The molecule has 15 heteroatoms. The highest BCUT2D eigenvalue weighted by molar-refractivity contribution is 8.03. The van der Waals surface area contributed by atoms with Crippen LogP contribution in [-0.2, 0) is 39.9 Å². The second-order valence-electron chi connectivity index (χ2n) is 11.2. The number of carboxylic acid groups (broad SMARTS) is 2. The Morgan fingerprint density at radius 3 is 1.74 bits per heavy atom. The maximum Gasteiger partial charge on any atom is 0.328 e. The van der Waals surface area contributed by atoms with Gasteiger partial charge in [0.1, 0.15) is 12.1 Å². The van der Waals surface area contributed by atoms with Crippen molar-refractivity contribution in [3.63, 3.8) is 0 Å². The van der Waals surface area contributed by atoms with E-state index in [1.165, 1.54) is 7.11 Å². The summed E-state index contributed by atoms with van der Waals surface area (Å²) in [5, 5.41) is 25.0. The number of hydrogen-bond donors (Lipinski definition) is 7. The fraction of sp³-hybridized carbons (Fsp3) is 0.571. The number of nitrogens with one attached hydrogen (secondary N) is 3. The molecule has 1 heterocycles.